The summed E-state index contributed by atoms with van der Waals surface area (Å²) in [5.41, 5.74) is 0.374. The van der Waals surface area contributed by atoms with Crippen LogP contribution in [-0.4, -0.2) is 5.97 Å². The monoisotopic (exact) mass is 362 g/mol. The van der Waals surface area contributed by atoms with Crippen LogP contribution in [0.3, 0.4) is 0 Å². The van der Waals surface area contributed by atoms with Crippen molar-refractivity contribution in [2.75, 3.05) is 0 Å². The fourth-order valence-corrected chi connectivity index (χ4v) is 2.74. The van der Waals surface area contributed by atoms with Gasteiger partial charge in [0.2, 0.25) is 0 Å². The first-order valence-corrected chi connectivity index (χ1v) is 7.16. The normalized spacial score (nSPS) is 15.0. The number of hydrogen-bond donors (Lipinski definition) is 0. The topological polar surface area (TPSA) is 40.1 Å². The summed E-state index contributed by atoms with van der Waals surface area (Å²) >= 11 is 11.8. The Morgan fingerprint density at radius 1 is 1.09 bits per heavy atom. The Labute approximate surface area is 180 Å². The Kier molecular flexibility index (Phi) is 5.76. The van der Waals surface area contributed by atoms with Gasteiger partial charge in [0.1, 0.15) is 5.82 Å². The molecule has 2 nitrogen and oxygen atoms in total. The van der Waals surface area contributed by atoms with Crippen LogP contribution in [0, 0.1) is 5.82 Å². The number of benzene rings is 2. The van der Waals surface area contributed by atoms with E-state index in [9.17, 15) is 14.3 Å². The number of carboxylic acids is 1. The molecule has 1 aliphatic rings. The Hall–Kier alpha value is 0.0564. The number of carboxylic acid groups (broad SMARTS) is 1. The number of carbonyl (C=O) groups is 1. The van der Waals surface area contributed by atoms with E-state index in [1.165, 1.54) is 6.07 Å². The maximum atomic E-state index is 14.3. The summed E-state index contributed by atoms with van der Waals surface area (Å²) in [5.74, 6) is -1.64. The third-order valence-corrected chi connectivity index (χ3v) is 4.63. The zero-order chi connectivity index (χ0) is 15.2. The third-order valence-electron chi connectivity index (χ3n) is 3.89. The van der Waals surface area contributed by atoms with Crippen molar-refractivity contribution in [2.45, 2.75) is 18.3 Å². The Morgan fingerprint density at radius 2 is 1.77 bits per heavy atom. The van der Waals surface area contributed by atoms with Gasteiger partial charge in [0.05, 0.1) is 16.0 Å². The zero-order valence-electron chi connectivity index (χ0n) is 11.8. The van der Waals surface area contributed by atoms with E-state index in [0.29, 0.717) is 39.6 Å². The Morgan fingerprint density at radius 3 is 2.27 bits per heavy atom. The minimum atomic E-state index is -1.15. The van der Waals surface area contributed by atoms with Crippen LogP contribution in [0.5, 0.6) is 0 Å². The van der Waals surface area contributed by atoms with Crippen molar-refractivity contribution < 1.29 is 65.7 Å². The second-order valence-corrected chi connectivity index (χ2v) is 6.01. The minimum absolute atomic E-state index is 0. The predicted molar refractivity (Wildman–Crippen MR) is 77.8 cm³/mol. The fraction of sp³-hybridized carbons (Fsp3) is 0.188. The molecule has 0 N–H and O–H groups in total. The van der Waals surface area contributed by atoms with Crippen molar-refractivity contribution in [1.82, 2.24) is 0 Å². The zero-order valence-corrected chi connectivity index (χ0v) is 16.5. The van der Waals surface area contributed by atoms with Crippen LogP contribution in [0.2, 0.25) is 10.0 Å². The molecule has 0 atom stereocenters. The van der Waals surface area contributed by atoms with Gasteiger partial charge in [-0.15, -0.1) is 0 Å². The molecular formula is C16H10Cl2FKO2. The second-order valence-electron chi connectivity index (χ2n) is 5.19. The Balaban J connectivity index is 0.00000176. The molecule has 0 aliphatic heterocycles. The number of halogens is 3. The molecule has 0 bridgehead atoms. The molecule has 0 spiro atoms. The Bertz CT molecular complexity index is 745. The molecule has 0 amide bonds. The average Bonchev–Trinajstić information content (AvgIpc) is 3.23. The first kappa shape index (κ1) is 18.4. The average molecular weight is 363 g/mol. The first-order chi connectivity index (χ1) is 9.94. The van der Waals surface area contributed by atoms with Gasteiger partial charge in [-0.1, -0.05) is 41.4 Å². The van der Waals surface area contributed by atoms with Gasteiger partial charge in [0, 0.05) is 11.0 Å². The van der Waals surface area contributed by atoms with Gasteiger partial charge in [-0.25, -0.2) is 4.39 Å². The largest absolute Gasteiger partial charge is 1.00 e. The molecule has 0 heterocycles. The summed E-state index contributed by atoms with van der Waals surface area (Å²) in [5, 5.41) is 11.9. The van der Waals surface area contributed by atoms with Crippen LogP contribution in [0.25, 0.3) is 11.1 Å². The van der Waals surface area contributed by atoms with Crippen molar-refractivity contribution in [2.24, 2.45) is 0 Å². The van der Waals surface area contributed by atoms with Crippen molar-refractivity contribution in [1.29, 1.82) is 0 Å². The molecule has 2 aromatic carbocycles. The summed E-state index contributed by atoms with van der Waals surface area (Å²) in [4.78, 5) is 11.2. The van der Waals surface area contributed by atoms with E-state index in [-0.39, 0.29) is 51.4 Å². The van der Waals surface area contributed by atoms with Gasteiger partial charge in [-0.3, -0.25) is 0 Å². The van der Waals surface area contributed by atoms with Gasteiger partial charge < -0.3 is 9.90 Å². The van der Waals surface area contributed by atoms with E-state index in [1.54, 1.807) is 30.3 Å². The fourth-order valence-electron chi connectivity index (χ4n) is 2.45. The molecule has 0 saturated heterocycles. The van der Waals surface area contributed by atoms with Gasteiger partial charge in [-0.2, -0.15) is 0 Å². The standard InChI is InChI=1S/C16H11Cl2FO2.K/c17-12-4-1-9(7-13(12)18)11-3-2-10(8-14(11)19)16(5-6-16)15(20)21;/h1-4,7-8H,5-6H2,(H,20,21);/q;+1/p-1. The van der Waals surface area contributed by atoms with Crippen LogP contribution in [0.15, 0.2) is 36.4 Å². The van der Waals surface area contributed by atoms with Crippen molar-refractivity contribution in [3.8, 4) is 11.1 Å². The van der Waals surface area contributed by atoms with E-state index in [1.807, 2.05) is 0 Å². The summed E-state index contributed by atoms with van der Waals surface area (Å²) in [6, 6.07) is 9.29. The van der Waals surface area contributed by atoms with E-state index in [4.69, 9.17) is 23.2 Å². The number of rotatable bonds is 3. The van der Waals surface area contributed by atoms with Crippen LogP contribution >= 0.6 is 23.2 Å². The van der Waals surface area contributed by atoms with E-state index < -0.39 is 17.2 Å². The molecule has 6 heteroatoms. The van der Waals surface area contributed by atoms with Crippen molar-refractivity contribution >= 4 is 29.2 Å². The SMILES string of the molecule is O=C([O-])C1(c2ccc(-c3ccc(Cl)c(Cl)c3)c(F)c2)CC1.[K+]. The molecule has 1 fully saturated rings. The third kappa shape index (κ3) is 3.29. The van der Waals surface area contributed by atoms with Crippen molar-refractivity contribution in [3.05, 3.63) is 57.8 Å². The second kappa shape index (κ2) is 6.89. The molecule has 0 unspecified atom stereocenters. The van der Waals surface area contributed by atoms with E-state index >= 15 is 0 Å². The molecular weight excluding hydrogens is 353 g/mol. The summed E-state index contributed by atoms with van der Waals surface area (Å²) < 4.78 is 14.3. The predicted octanol–water partition coefficient (Wildman–Crippen LogP) is 0.585. The maximum absolute atomic E-state index is 14.3. The number of aliphatic carboxylic acids is 1. The van der Waals surface area contributed by atoms with Gasteiger partial charge in [0.15, 0.2) is 0 Å². The molecule has 0 radical (unpaired) electrons. The molecule has 108 valence electrons. The maximum Gasteiger partial charge on any atom is 1.00 e. The molecule has 22 heavy (non-hydrogen) atoms. The van der Waals surface area contributed by atoms with Crippen LogP contribution < -0.4 is 56.5 Å². The molecule has 1 saturated carbocycles. The van der Waals surface area contributed by atoms with E-state index in [0.717, 1.165) is 0 Å². The van der Waals surface area contributed by atoms with Gasteiger partial charge in [-0.05, 0) is 42.2 Å². The van der Waals surface area contributed by atoms with E-state index in [2.05, 4.69) is 0 Å². The molecule has 3 rings (SSSR count). The molecule has 0 aromatic heterocycles. The summed E-state index contributed by atoms with van der Waals surface area (Å²) in [7, 11) is 0. The number of hydrogen-bond acceptors (Lipinski definition) is 2. The minimum Gasteiger partial charge on any atom is -0.549 e. The summed E-state index contributed by atoms with van der Waals surface area (Å²) in [6.07, 6.45) is 0.974. The van der Waals surface area contributed by atoms with Crippen LogP contribution in [0.1, 0.15) is 18.4 Å². The van der Waals surface area contributed by atoms with Crippen molar-refractivity contribution in [3.63, 3.8) is 0 Å². The quantitative estimate of drug-likeness (QED) is 0.749. The first-order valence-electron chi connectivity index (χ1n) is 6.41. The van der Waals surface area contributed by atoms with Gasteiger partial charge in [0.25, 0.3) is 0 Å². The summed E-state index contributed by atoms with van der Waals surface area (Å²) in [6.45, 7) is 0. The smallest absolute Gasteiger partial charge is 0.549 e. The van der Waals surface area contributed by atoms with Gasteiger partial charge >= 0.3 is 51.4 Å². The molecule has 2 aromatic rings. The molecule has 1 aliphatic carbocycles. The number of carbonyl (C=O) groups excluding carboxylic acids is 1. The van der Waals surface area contributed by atoms with Crippen LogP contribution in [-0.2, 0) is 10.2 Å². The van der Waals surface area contributed by atoms with Crippen LogP contribution in [0.4, 0.5) is 4.39 Å².